The van der Waals surface area contributed by atoms with Crippen molar-refractivity contribution in [3.05, 3.63) is 35.2 Å². The Kier molecular flexibility index (Phi) is 4.52. The molecule has 3 rings (SSSR count). The number of nitrogens with zero attached hydrogens (tertiary/aromatic N) is 1. The van der Waals surface area contributed by atoms with Gasteiger partial charge in [-0.25, -0.2) is 4.79 Å². The molecule has 2 aromatic rings. The van der Waals surface area contributed by atoms with Gasteiger partial charge in [0.2, 0.25) is 0 Å². The number of benzene rings is 1. The van der Waals surface area contributed by atoms with Gasteiger partial charge in [-0.05, 0) is 34.7 Å². The molecule has 1 aromatic carbocycles. The fourth-order valence-corrected chi connectivity index (χ4v) is 4.11. The Hall–Kier alpha value is -2.08. The second-order valence-electron chi connectivity index (χ2n) is 6.20. The second-order valence-corrected chi connectivity index (χ2v) is 7.11. The zero-order valence-corrected chi connectivity index (χ0v) is 13.8. The largest absolute Gasteiger partial charge is 0.481 e. The van der Waals surface area contributed by atoms with Crippen molar-refractivity contribution in [2.45, 2.75) is 19.9 Å². The number of rotatable bonds is 3. The van der Waals surface area contributed by atoms with E-state index in [0.29, 0.717) is 19.5 Å². The monoisotopic (exact) mass is 332 g/mol. The first-order chi connectivity index (χ1) is 11.0. The fraction of sp³-hybridized carbons (Fsp3) is 0.412. The molecule has 5 nitrogen and oxygen atoms in total. The third-order valence-electron chi connectivity index (χ3n) is 4.29. The number of piperidine rings is 1. The highest BCUT2D eigenvalue weighted by atomic mass is 32.1. The molecule has 1 aliphatic rings. The summed E-state index contributed by atoms with van der Waals surface area (Å²) in [6.45, 7) is 3.35. The summed E-state index contributed by atoms with van der Waals surface area (Å²) in [7, 11) is 0. The van der Waals surface area contributed by atoms with Crippen LogP contribution in [0.15, 0.2) is 29.6 Å². The Balaban J connectivity index is 1.63. The smallest absolute Gasteiger partial charge is 0.317 e. The van der Waals surface area contributed by atoms with Gasteiger partial charge in [-0.1, -0.05) is 25.1 Å². The van der Waals surface area contributed by atoms with E-state index in [2.05, 4.69) is 22.8 Å². The molecule has 0 saturated carbocycles. The third kappa shape index (κ3) is 3.47. The van der Waals surface area contributed by atoms with Crippen molar-refractivity contribution in [3.63, 3.8) is 0 Å². The van der Waals surface area contributed by atoms with Crippen LogP contribution in [-0.4, -0.2) is 35.1 Å². The summed E-state index contributed by atoms with van der Waals surface area (Å²) >= 11 is 1.66. The highest BCUT2D eigenvalue weighted by Gasteiger charge is 2.31. The van der Waals surface area contributed by atoms with Crippen LogP contribution in [0.3, 0.4) is 0 Å². The Morgan fingerprint density at radius 2 is 2.13 bits per heavy atom. The molecule has 2 N–H and O–H groups in total. The van der Waals surface area contributed by atoms with E-state index in [-0.39, 0.29) is 18.5 Å². The van der Waals surface area contributed by atoms with E-state index in [1.54, 1.807) is 16.2 Å². The van der Waals surface area contributed by atoms with Crippen molar-refractivity contribution in [1.82, 2.24) is 10.2 Å². The quantitative estimate of drug-likeness (QED) is 0.907. The van der Waals surface area contributed by atoms with E-state index in [1.165, 1.54) is 4.70 Å². The summed E-state index contributed by atoms with van der Waals surface area (Å²) in [6, 6.07) is 7.93. The Bertz CT molecular complexity index is 727. The average molecular weight is 332 g/mol. The maximum atomic E-state index is 12.4. The molecule has 2 unspecified atom stereocenters. The van der Waals surface area contributed by atoms with Crippen molar-refractivity contribution in [2.24, 2.45) is 11.8 Å². The molecule has 0 radical (unpaired) electrons. The van der Waals surface area contributed by atoms with Crippen molar-refractivity contribution in [2.75, 3.05) is 13.1 Å². The fourth-order valence-electron chi connectivity index (χ4n) is 3.15. The van der Waals surface area contributed by atoms with Crippen molar-refractivity contribution in [1.29, 1.82) is 0 Å². The molecular formula is C17H20N2O3S. The zero-order valence-electron chi connectivity index (χ0n) is 13.0. The lowest BCUT2D eigenvalue weighted by Gasteiger charge is -2.34. The first-order valence-corrected chi connectivity index (χ1v) is 8.63. The molecule has 23 heavy (non-hydrogen) atoms. The van der Waals surface area contributed by atoms with Crippen LogP contribution >= 0.6 is 11.3 Å². The summed E-state index contributed by atoms with van der Waals surface area (Å²) < 4.78 is 1.20. The summed E-state index contributed by atoms with van der Waals surface area (Å²) in [5, 5.41) is 15.3. The number of carboxylic acids is 1. The van der Waals surface area contributed by atoms with Gasteiger partial charge < -0.3 is 15.3 Å². The Labute approximate surface area is 138 Å². The first-order valence-electron chi connectivity index (χ1n) is 7.75. The van der Waals surface area contributed by atoms with Crippen LogP contribution in [-0.2, 0) is 11.3 Å². The highest BCUT2D eigenvalue weighted by molar-refractivity contribution is 7.17. The molecule has 1 aromatic heterocycles. The van der Waals surface area contributed by atoms with Crippen molar-refractivity contribution in [3.8, 4) is 0 Å². The molecule has 0 bridgehead atoms. The van der Waals surface area contributed by atoms with Crippen LogP contribution < -0.4 is 5.32 Å². The molecule has 0 aliphatic carbocycles. The topological polar surface area (TPSA) is 69.6 Å². The number of aliphatic carboxylic acids is 1. The number of hydrogen-bond acceptors (Lipinski definition) is 3. The van der Waals surface area contributed by atoms with Crippen molar-refractivity contribution < 1.29 is 14.7 Å². The molecule has 122 valence electrons. The summed E-state index contributed by atoms with van der Waals surface area (Å²) in [4.78, 5) is 25.2. The molecule has 1 saturated heterocycles. The predicted octanol–water partition coefficient (Wildman–Crippen LogP) is 3.15. The number of carbonyl (C=O) groups is 2. The van der Waals surface area contributed by atoms with Gasteiger partial charge in [-0.3, -0.25) is 4.79 Å². The van der Waals surface area contributed by atoms with E-state index in [0.717, 1.165) is 10.9 Å². The minimum absolute atomic E-state index is 0.182. The lowest BCUT2D eigenvalue weighted by Crippen LogP contribution is -2.49. The number of likely N-dealkylation sites (tertiary alicyclic amines) is 1. The molecule has 2 amide bonds. The van der Waals surface area contributed by atoms with Gasteiger partial charge >= 0.3 is 12.0 Å². The van der Waals surface area contributed by atoms with Gasteiger partial charge in [-0.15, -0.1) is 11.3 Å². The maximum Gasteiger partial charge on any atom is 0.317 e. The van der Waals surface area contributed by atoms with E-state index in [9.17, 15) is 14.7 Å². The number of nitrogens with one attached hydrogen (secondary N) is 1. The number of thiophene rings is 1. The maximum absolute atomic E-state index is 12.4. The Morgan fingerprint density at radius 1 is 1.35 bits per heavy atom. The lowest BCUT2D eigenvalue weighted by atomic mass is 9.91. The van der Waals surface area contributed by atoms with Crippen LogP contribution in [0, 0.1) is 11.8 Å². The first kappa shape index (κ1) is 15.8. The highest BCUT2D eigenvalue weighted by Crippen LogP contribution is 2.26. The van der Waals surface area contributed by atoms with Crippen LogP contribution in [0.25, 0.3) is 10.1 Å². The van der Waals surface area contributed by atoms with Crippen LogP contribution in [0.5, 0.6) is 0 Å². The van der Waals surface area contributed by atoms with Crippen molar-refractivity contribution >= 4 is 33.4 Å². The van der Waals surface area contributed by atoms with Gasteiger partial charge in [0.1, 0.15) is 0 Å². The number of fused-ring (bicyclic) bond motifs is 1. The van der Waals surface area contributed by atoms with Crippen LogP contribution in [0.4, 0.5) is 4.79 Å². The van der Waals surface area contributed by atoms with E-state index in [4.69, 9.17) is 0 Å². The minimum atomic E-state index is -0.821. The summed E-state index contributed by atoms with van der Waals surface area (Å²) in [5.41, 5.74) is 1.10. The van der Waals surface area contributed by atoms with Gasteiger partial charge in [0, 0.05) is 24.3 Å². The van der Waals surface area contributed by atoms with Gasteiger partial charge in [0.15, 0.2) is 0 Å². The second kappa shape index (κ2) is 6.58. The normalized spacial score (nSPS) is 21.3. The van der Waals surface area contributed by atoms with Gasteiger partial charge in [0.25, 0.3) is 0 Å². The van der Waals surface area contributed by atoms with Gasteiger partial charge in [-0.2, -0.15) is 0 Å². The Morgan fingerprint density at radius 3 is 2.91 bits per heavy atom. The standard InChI is InChI=1S/C17H20N2O3S/c1-11-6-12(16(20)21)9-19(8-11)17(22)18-7-13-10-23-15-5-3-2-4-14(13)15/h2-5,10-12H,6-9H2,1H3,(H,18,22)(H,20,21). The molecule has 2 heterocycles. The number of carboxylic acid groups (broad SMARTS) is 1. The molecule has 1 fully saturated rings. The number of amides is 2. The minimum Gasteiger partial charge on any atom is -0.481 e. The number of urea groups is 1. The van der Waals surface area contributed by atoms with E-state index in [1.807, 2.05) is 19.1 Å². The number of carbonyl (C=O) groups excluding carboxylic acids is 1. The molecule has 6 heteroatoms. The predicted molar refractivity (Wildman–Crippen MR) is 90.5 cm³/mol. The summed E-state index contributed by atoms with van der Waals surface area (Å²) in [5.74, 6) is -1.08. The SMILES string of the molecule is CC1CC(C(=O)O)CN(C(=O)NCc2csc3ccccc23)C1. The van der Waals surface area contributed by atoms with E-state index >= 15 is 0 Å². The van der Waals surface area contributed by atoms with Crippen LogP contribution in [0.1, 0.15) is 18.9 Å². The zero-order chi connectivity index (χ0) is 16.4. The third-order valence-corrected chi connectivity index (χ3v) is 5.30. The molecule has 1 aliphatic heterocycles. The van der Waals surface area contributed by atoms with E-state index < -0.39 is 11.9 Å². The molecule has 2 atom stereocenters. The lowest BCUT2D eigenvalue weighted by molar-refractivity contribution is -0.143. The summed E-state index contributed by atoms with van der Waals surface area (Å²) in [6.07, 6.45) is 0.633. The van der Waals surface area contributed by atoms with Crippen LogP contribution in [0.2, 0.25) is 0 Å². The average Bonchev–Trinajstić information content (AvgIpc) is 2.95. The number of hydrogen-bond donors (Lipinski definition) is 2. The molecular weight excluding hydrogens is 312 g/mol. The van der Waals surface area contributed by atoms with Gasteiger partial charge in [0.05, 0.1) is 5.92 Å². The molecule has 0 spiro atoms.